The van der Waals surface area contributed by atoms with Crippen LogP contribution in [0.25, 0.3) is 0 Å². The van der Waals surface area contributed by atoms with Crippen LogP contribution in [0.2, 0.25) is 0 Å². The zero-order valence-corrected chi connectivity index (χ0v) is 12.2. The van der Waals surface area contributed by atoms with Crippen molar-refractivity contribution >= 4 is 11.8 Å². The van der Waals surface area contributed by atoms with E-state index >= 15 is 0 Å². The van der Waals surface area contributed by atoms with Crippen molar-refractivity contribution in [2.24, 2.45) is 11.3 Å². The molecule has 19 heavy (non-hydrogen) atoms. The molecule has 1 aliphatic heterocycles. The van der Waals surface area contributed by atoms with Gasteiger partial charge in [-0.25, -0.2) is 0 Å². The second-order valence-electron chi connectivity index (χ2n) is 5.57. The molecule has 1 aliphatic rings. The third-order valence-corrected chi connectivity index (χ3v) is 4.49. The molecule has 0 radical (unpaired) electrons. The molecule has 0 aromatic heterocycles. The van der Waals surface area contributed by atoms with Crippen LogP contribution < -0.4 is 5.32 Å². The number of aliphatic hydroxyl groups is 1. The number of aliphatic hydroxyl groups excluding tert-OH is 1. The molecule has 1 rings (SSSR count). The summed E-state index contributed by atoms with van der Waals surface area (Å²) >= 11 is 0. The van der Waals surface area contributed by atoms with Gasteiger partial charge in [-0.1, -0.05) is 13.8 Å². The maximum atomic E-state index is 12.1. The molecule has 1 atom stereocenters. The maximum absolute atomic E-state index is 12.1. The molecule has 1 unspecified atom stereocenters. The van der Waals surface area contributed by atoms with E-state index in [2.05, 4.69) is 19.2 Å². The van der Waals surface area contributed by atoms with Crippen LogP contribution in [0.3, 0.4) is 0 Å². The number of nitrogens with one attached hydrogen (secondary N) is 1. The minimum atomic E-state index is -0.224. The Morgan fingerprint density at radius 2 is 2.11 bits per heavy atom. The summed E-state index contributed by atoms with van der Waals surface area (Å²) in [4.78, 5) is 25.1. The monoisotopic (exact) mass is 270 g/mol. The van der Waals surface area contributed by atoms with E-state index in [9.17, 15) is 9.59 Å². The van der Waals surface area contributed by atoms with Crippen molar-refractivity contribution in [2.45, 2.75) is 39.5 Å². The number of likely N-dealkylation sites (tertiary alicyclic amines) is 1. The van der Waals surface area contributed by atoms with Gasteiger partial charge >= 0.3 is 0 Å². The number of nitrogens with zero attached hydrogens (tertiary/aromatic N) is 1. The fraction of sp³-hybridized carbons (Fsp3) is 0.857. The van der Waals surface area contributed by atoms with Crippen molar-refractivity contribution in [1.82, 2.24) is 10.2 Å². The number of carbonyl (C=O) groups is 2. The molecule has 5 heteroatoms. The molecule has 2 N–H and O–H groups in total. The molecule has 2 amide bonds. The average molecular weight is 270 g/mol. The Morgan fingerprint density at radius 1 is 1.47 bits per heavy atom. The molecule has 0 aromatic carbocycles. The lowest BCUT2D eigenvalue weighted by atomic mass is 9.79. The van der Waals surface area contributed by atoms with Crippen LogP contribution in [0, 0.1) is 11.3 Å². The Kier molecular flexibility index (Phi) is 5.79. The van der Waals surface area contributed by atoms with Crippen molar-refractivity contribution < 1.29 is 14.7 Å². The van der Waals surface area contributed by atoms with E-state index in [0.717, 1.165) is 12.8 Å². The lowest BCUT2D eigenvalue weighted by Crippen LogP contribution is -2.40. The van der Waals surface area contributed by atoms with Crippen LogP contribution in [0.1, 0.15) is 39.5 Å². The first-order valence-electron chi connectivity index (χ1n) is 7.10. The Labute approximate surface area is 115 Å². The molecule has 1 fully saturated rings. The maximum Gasteiger partial charge on any atom is 0.225 e. The third-order valence-electron chi connectivity index (χ3n) is 4.49. The lowest BCUT2D eigenvalue weighted by Gasteiger charge is -2.31. The summed E-state index contributed by atoms with van der Waals surface area (Å²) in [5, 5.41) is 12.1. The van der Waals surface area contributed by atoms with Crippen molar-refractivity contribution in [2.75, 3.05) is 26.7 Å². The SMILES string of the molecule is CCC(CC)(CCO)CNC(=O)C1CC(=O)N(C)C1. The second-order valence-corrected chi connectivity index (χ2v) is 5.57. The summed E-state index contributed by atoms with van der Waals surface area (Å²) in [5.74, 6) is -0.229. The largest absolute Gasteiger partial charge is 0.396 e. The zero-order chi connectivity index (χ0) is 14.5. The first kappa shape index (κ1) is 16.0. The molecule has 110 valence electrons. The Bertz CT molecular complexity index is 327. The van der Waals surface area contributed by atoms with E-state index in [1.807, 2.05) is 0 Å². The van der Waals surface area contributed by atoms with Gasteiger partial charge in [0.2, 0.25) is 11.8 Å². The highest BCUT2D eigenvalue weighted by atomic mass is 16.3. The minimum absolute atomic E-state index is 0.0288. The van der Waals surface area contributed by atoms with Crippen molar-refractivity contribution in [1.29, 1.82) is 0 Å². The molecule has 0 saturated carbocycles. The molecule has 0 bridgehead atoms. The third kappa shape index (κ3) is 3.93. The normalized spacial score (nSPS) is 19.9. The predicted octanol–water partition coefficient (Wildman–Crippen LogP) is 0.770. The van der Waals surface area contributed by atoms with E-state index in [1.54, 1.807) is 11.9 Å². The summed E-state index contributed by atoms with van der Waals surface area (Å²) in [6.45, 7) is 5.39. The van der Waals surface area contributed by atoms with Gasteiger partial charge in [0.1, 0.15) is 0 Å². The quantitative estimate of drug-likeness (QED) is 0.718. The van der Waals surface area contributed by atoms with Gasteiger partial charge in [0.05, 0.1) is 5.92 Å². The van der Waals surface area contributed by atoms with Crippen molar-refractivity contribution in [3.63, 3.8) is 0 Å². The first-order chi connectivity index (χ1) is 8.98. The molecule has 1 heterocycles. The van der Waals surface area contributed by atoms with Crippen molar-refractivity contribution in [3.8, 4) is 0 Å². The highest BCUT2D eigenvalue weighted by molar-refractivity contribution is 5.89. The predicted molar refractivity (Wildman–Crippen MR) is 73.5 cm³/mol. The van der Waals surface area contributed by atoms with Gasteiger partial charge in [-0.15, -0.1) is 0 Å². The Balaban J connectivity index is 2.50. The Morgan fingerprint density at radius 3 is 2.53 bits per heavy atom. The van der Waals surface area contributed by atoms with Gasteiger partial charge in [0.25, 0.3) is 0 Å². The highest BCUT2D eigenvalue weighted by Crippen LogP contribution is 2.29. The van der Waals surface area contributed by atoms with Gasteiger partial charge in [-0.2, -0.15) is 0 Å². The Hall–Kier alpha value is -1.10. The molecule has 5 nitrogen and oxygen atoms in total. The van der Waals surface area contributed by atoms with Crippen LogP contribution >= 0.6 is 0 Å². The van der Waals surface area contributed by atoms with E-state index in [1.165, 1.54) is 0 Å². The summed E-state index contributed by atoms with van der Waals surface area (Å²) in [6.07, 6.45) is 2.86. The van der Waals surface area contributed by atoms with Crippen LogP contribution in [-0.2, 0) is 9.59 Å². The molecular weight excluding hydrogens is 244 g/mol. The molecular formula is C14H26N2O3. The van der Waals surface area contributed by atoms with Crippen LogP contribution in [0.15, 0.2) is 0 Å². The number of carbonyl (C=O) groups excluding carboxylic acids is 2. The van der Waals surface area contributed by atoms with Gasteiger partial charge in [0, 0.05) is 33.2 Å². The number of hydrogen-bond donors (Lipinski definition) is 2. The van der Waals surface area contributed by atoms with Crippen LogP contribution in [-0.4, -0.2) is 48.6 Å². The summed E-state index contributed by atoms with van der Waals surface area (Å²) < 4.78 is 0. The lowest BCUT2D eigenvalue weighted by molar-refractivity contribution is -0.128. The first-order valence-corrected chi connectivity index (χ1v) is 7.10. The average Bonchev–Trinajstić information content (AvgIpc) is 2.74. The molecule has 1 saturated heterocycles. The van der Waals surface area contributed by atoms with Gasteiger partial charge in [0.15, 0.2) is 0 Å². The summed E-state index contributed by atoms with van der Waals surface area (Å²) in [5.41, 5.74) is -0.0288. The highest BCUT2D eigenvalue weighted by Gasteiger charge is 2.33. The fourth-order valence-corrected chi connectivity index (χ4v) is 2.64. The smallest absolute Gasteiger partial charge is 0.225 e. The minimum Gasteiger partial charge on any atom is -0.396 e. The van der Waals surface area contributed by atoms with E-state index in [4.69, 9.17) is 5.11 Å². The molecule has 0 aliphatic carbocycles. The summed E-state index contributed by atoms with van der Waals surface area (Å²) in [7, 11) is 1.73. The second kappa shape index (κ2) is 6.89. The summed E-state index contributed by atoms with van der Waals surface area (Å²) in [6, 6.07) is 0. The van der Waals surface area contributed by atoms with Crippen LogP contribution in [0.4, 0.5) is 0 Å². The van der Waals surface area contributed by atoms with Gasteiger partial charge < -0.3 is 15.3 Å². The van der Waals surface area contributed by atoms with E-state index in [-0.39, 0.29) is 29.8 Å². The van der Waals surface area contributed by atoms with E-state index in [0.29, 0.717) is 25.9 Å². The standard InChI is InChI=1S/C14H26N2O3/c1-4-14(5-2,6-7-17)10-15-13(19)11-8-12(18)16(3)9-11/h11,17H,4-10H2,1-3H3,(H,15,19). The molecule has 0 aromatic rings. The van der Waals surface area contributed by atoms with Crippen molar-refractivity contribution in [3.05, 3.63) is 0 Å². The fourth-order valence-electron chi connectivity index (χ4n) is 2.64. The number of rotatable bonds is 7. The van der Waals surface area contributed by atoms with Crippen LogP contribution in [0.5, 0.6) is 0 Å². The van der Waals surface area contributed by atoms with Gasteiger partial charge in [-0.05, 0) is 24.7 Å². The van der Waals surface area contributed by atoms with E-state index < -0.39 is 0 Å². The zero-order valence-electron chi connectivity index (χ0n) is 12.2. The topological polar surface area (TPSA) is 69.6 Å². The van der Waals surface area contributed by atoms with Gasteiger partial charge in [-0.3, -0.25) is 9.59 Å². The number of amides is 2. The molecule has 0 spiro atoms. The number of hydrogen-bond acceptors (Lipinski definition) is 3.